The molecular weight excluding hydrogens is 214 g/mol. The summed E-state index contributed by atoms with van der Waals surface area (Å²) >= 11 is 0. The van der Waals surface area contributed by atoms with Gasteiger partial charge in [0.2, 0.25) is 5.91 Å². The molecule has 0 saturated carbocycles. The van der Waals surface area contributed by atoms with Crippen LogP contribution in [0.5, 0.6) is 0 Å². The third kappa shape index (κ3) is 4.97. The largest absolute Gasteiger partial charge is 0.302 e. The van der Waals surface area contributed by atoms with Crippen molar-refractivity contribution in [3.8, 4) is 0 Å². The summed E-state index contributed by atoms with van der Waals surface area (Å²) in [7, 11) is 2.11. The fourth-order valence-corrected chi connectivity index (χ4v) is 1.77. The van der Waals surface area contributed by atoms with Crippen LogP contribution in [0.1, 0.15) is 24.5 Å². The van der Waals surface area contributed by atoms with E-state index in [4.69, 9.17) is 5.84 Å². The molecule has 0 unspecified atom stereocenters. The number of nitrogens with two attached hydrogens (primary N) is 1. The van der Waals surface area contributed by atoms with Gasteiger partial charge in [0.05, 0.1) is 6.42 Å². The van der Waals surface area contributed by atoms with Crippen molar-refractivity contribution in [2.24, 2.45) is 5.84 Å². The van der Waals surface area contributed by atoms with E-state index in [0.717, 1.165) is 25.1 Å². The molecule has 0 radical (unpaired) electrons. The highest BCUT2D eigenvalue weighted by Crippen LogP contribution is 2.07. The van der Waals surface area contributed by atoms with Gasteiger partial charge in [0.25, 0.3) is 0 Å². The standard InChI is InChI=1S/C13H21N3O/c1-3-8-16(2)10-12-6-4-11(5-7-12)9-13(17)15-14/h4-7H,3,8-10,14H2,1-2H3,(H,15,17). The second-order valence-electron chi connectivity index (χ2n) is 4.30. The van der Waals surface area contributed by atoms with Gasteiger partial charge in [-0.05, 0) is 31.1 Å². The van der Waals surface area contributed by atoms with E-state index in [0.29, 0.717) is 6.42 Å². The Kier molecular flexibility index (Phi) is 5.66. The highest BCUT2D eigenvalue weighted by molar-refractivity contribution is 5.77. The summed E-state index contributed by atoms with van der Waals surface area (Å²) in [5.74, 6) is 4.88. The fourth-order valence-electron chi connectivity index (χ4n) is 1.77. The smallest absolute Gasteiger partial charge is 0.238 e. The lowest BCUT2D eigenvalue weighted by atomic mass is 10.1. The zero-order chi connectivity index (χ0) is 12.7. The van der Waals surface area contributed by atoms with E-state index in [-0.39, 0.29) is 5.91 Å². The highest BCUT2D eigenvalue weighted by atomic mass is 16.2. The maximum atomic E-state index is 11.1. The molecule has 0 aliphatic carbocycles. The Morgan fingerprint density at radius 2 is 1.88 bits per heavy atom. The Morgan fingerprint density at radius 3 is 2.41 bits per heavy atom. The molecule has 0 aliphatic heterocycles. The number of amides is 1. The van der Waals surface area contributed by atoms with Crippen LogP contribution in [0.25, 0.3) is 0 Å². The predicted molar refractivity (Wildman–Crippen MR) is 69.1 cm³/mol. The molecule has 1 rings (SSSR count). The van der Waals surface area contributed by atoms with Crippen LogP contribution in [0, 0.1) is 0 Å². The Balaban J connectivity index is 2.52. The molecule has 3 N–H and O–H groups in total. The lowest BCUT2D eigenvalue weighted by Gasteiger charge is -2.15. The van der Waals surface area contributed by atoms with Crippen LogP contribution >= 0.6 is 0 Å². The number of carbonyl (C=O) groups is 1. The van der Waals surface area contributed by atoms with Crippen molar-refractivity contribution in [2.75, 3.05) is 13.6 Å². The monoisotopic (exact) mass is 235 g/mol. The SMILES string of the molecule is CCCN(C)Cc1ccc(CC(=O)NN)cc1. The molecule has 0 atom stereocenters. The maximum absolute atomic E-state index is 11.1. The van der Waals surface area contributed by atoms with Crippen LogP contribution in [-0.2, 0) is 17.8 Å². The van der Waals surface area contributed by atoms with Crippen molar-refractivity contribution >= 4 is 5.91 Å². The van der Waals surface area contributed by atoms with Crippen molar-refractivity contribution in [3.05, 3.63) is 35.4 Å². The lowest BCUT2D eigenvalue weighted by molar-refractivity contribution is -0.120. The molecule has 17 heavy (non-hydrogen) atoms. The van der Waals surface area contributed by atoms with E-state index in [1.54, 1.807) is 0 Å². The molecule has 0 heterocycles. The van der Waals surface area contributed by atoms with E-state index in [1.807, 2.05) is 12.1 Å². The zero-order valence-corrected chi connectivity index (χ0v) is 10.6. The lowest BCUT2D eigenvalue weighted by Crippen LogP contribution is -2.31. The first-order valence-electron chi connectivity index (χ1n) is 5.91. The first-order chi connectivity index (χ1) is 8.15. The minimum absolute atomic E-state index is 0.166. The van der Waals surface area contributed by atoms with E-state index in [9.17, 15) is 4.79 Å². The quantitative estimate of drug-likeness (QED) is 0.440. The van der Waals surface area contributed by atoms with Gasteiger partial charge in [-0.25, -0.2) is 5.84 Å². The van der Waals surface area contributed by atoms with E-state index >= 15 is 0 Å². The highest BCUT2D eigenvalue weighted by Gasteiger charge is 2.02. The summed E-state index contributed by atoms with van der Waals surface area (Å²) in [6.45, 7) is 4.21. The summed E-state index contributed by atoms with van der Waals surface area (Å²) in [6.07, 6.45) is 1.49. The fraction of sp³-hybridized carbons (Fsp3) is 0.462. The number of hydrogen-bond acceptors (Lipinski definition) is 3. The molecule has 0 fully saturated rings. The second-order valence-corrected chi connectivity index (χ2v) is 4.30. The van der Waals surface area contributed by atoms with Gasteiger partial charge in [-0.15, -0.1) is 0 Å². The number of benzene rings is 1. The molecule has 0 aromatic heterocycles. The molecule has 94 valence electrons. The van der Waals surface area contributed by atoms with Crippen molar-refractivity contribution in [1.29, 1.82) is 0 Å². The molecule has 1 amide bonds. The Hall–Kier alpha value is -1.39. The van der Waals surface area contributed by atoms with Gasteiger partial charge in [0, 0.05) is 6.54 Å². The number of hydrogen-bond donors (Lipinski definition) is 2. The van der Waals surface area contributed by atoms with Gasteiger partial charge in [0.1, 0.15) is 0 Å². The molecule has 4 nitrogen and oxygen atoms in total. The van der Waals surface area contributed by atoms with E-state index in [1.165, 1.54) is 5.56 Å². The van der Waals surface area contributed by atoms with Gasteiger partial charge in [-0.3, -0.25) is 10.2 Å². The van der Waals surface area contributed by atoms with E-state index < -0.39 is 0 Å². The minimum atomic E-state index is -0.166. The first-order valence-corrected chi connectivity index (χ1v) is 5.91. The topological polar surface area (TPSA) is 58.4 Å². The molecule has 0 saturated heterocycles. The first kappa shape index (κ1) is 13.7. The molecule has 0 aliphatic rings. The van der Waals surface area contributed by atoms with Gasteiger partial charge in [-0.1, -0.05) is 31.2 Å². The van der Waals surface area contributed by atoms with Crippen LogP contribution in [0.2, 0.25) is 0 Å². The summed E-state index contributed by atoms with van der Waals surface area (Å²) in [6, 6.07) is 8.07. The zero-order valence-electron chi connectivity index (χ0n) is 10.6. The third-order valence-electron chi connectivity index (χ3n) is 2.61. The van der Waals surface area contributed by atoms with Crippen LogP contribution in [0.3, 0.4) is 0 Å². The van der Waals surface area contributed by atoms with Crippen LogP contribution < -0.4 is 11.3 Å². The Labute approximate surface area is 103 Å². The summed E-state index contributed by atoms with van der Waals surface area (Å²) in [5, 5.41) is 0. The molecule has 0 bridgehead atoms. The number of nitrogens with zero attached hydrogens (tertiary/aromatic N) is 1. The number of rotatable bonds is 6. The minimum Gasteiger partial charge on any atom is -0.302 e. The van der Waals surface area contributed by atoms with Gasteiger partial charge < -0.3 is 4.90 Å². The Bertz CT molecular complexity index is 348. The average Bonchev–Trinajstić information content (AvgIpc) is 2.32. The molecule has 0 spiro atoms. The molecule has 1 aromatic rings. The van der Waals surface area contributed by atoms with Crippen molar-refractivity contribution < 1.29 is 4.79 Å². The maximum Gasteiger partial charge on any atom is 0.238 e. The normalized spacial score (nSPS) is 10.6. The van der Waals surface area contributed by atoms with Crippen molar-refractivity contribution in [2.45, 2.75) is 26.3 Å². The average molecular weight is 235 g/mol. The summed E-state index contributed by atoms with van der Waals surface area (Å²) < 4.78 is 0. The van der Waals surface area contributed by atoms with Gasteiger partial charge in [0.15, 0.2) is 0 Å². The van der Waals surface area contributed by atoms with Crippen LogP contribution in [0.15, 0.2) is 24.3 Å². The number of carbonyl (C=O) groups excluding carboxylic acids is 1. The third-order valence-corrected chi connectivity index (χ3v) is 2.61. The molecule has 1 aromatic carbocycles. The Morgan fingerprint density at radius 1 is 1.29 bits per heavy atom. The van der Waals surface area contributed by atoms with Crippen LogP contribution in [0.4, 0.5) is 0 Å². The van der Waals surface area contributed by atoms with Gasteiger partial charge in [-0.2, -0.15) is 0 Å². The van der Waals surface area contributed by atoms with Crippen LogP contribution in [-0.4, -0.2) is 24.4 Å². The molecular formula is C13H21N3O. The van der Waals surface area contributed by atoms with Crippen molar-refractivity contribution in [1.82, 2.24) is 10.3 Å². The summed E-state index contributed by atoms with van der Waals surface area (Å²) in [4.78, 5) is 13.4. The number of nitrogens with one attached hydrogen (secondary N) is 1. The predicted octanol–water partition coefficient (Wildman–Crippen LogP) is 1.06. The second kappa shape index (κ2) is 7.04. The molecule has 4 heteroatoms. The summed E-state index contributed by atoms with van der Waals surface area (Å²) in [5.41, 5.74) is 4.37. The van der Waals surface area contributed by atoms with Crippen molar-refractivity contribution in [3.63, 3.8) is 0 Å². The van der Waals surface area contributed by atoms with Gasteiger partial charge >= 0.3 is 0 Å². The number of hydrazine groups is 1. The van der Waals surface area contributed by atoms with E-state index in [2.05, 4.69) is 36.4 Å².